The summed E-state index contributed by atoms with van der Waals surface area (Å²) < 4.78 is 13.1. The molecule has 168 valence electrons. The van der Waals surface area contributed by atoms with Crippen LogP contribution in [-0.2, 0) is 11.3 Å². The number of benzene rings is 2. The third-order valence-corrected chi connectivity index (χ3v) is 6.25. The van der Waals surface area contributed by atoms with Crippen LogP contribution in [0.1, 0.15) is 5.56 Å². The van der Waals surface area contributed by atoms with Gasteiger partial charge >= 0.3 is 0 Å². The Bertz CT molecular complexity index is 1140. The van der Waals surface area contributed by atoms with E-state index >= 15 is 0 Å². The number of hydrogen-bond acceptors (Lipinski definition) is 3. The molecule has 2 aliphatic rings. The summed E-state index contributed by atoms with van der Waals surface area (Å²) in [5.74, 6) is -0.144. The van der Waals surface area contributed by atoms with Crippen LogP contribution >= 0.6 is 0 Å². The summed E-state index contributed by atoms with van der Waals surface area (Å²) >= 11 is 0. The third kappa shape index (κ3) is 4.91. The summed E-state index contributed by atoms with van der Waals surface area (Å²) in [6.45, 7) is 4.52. The lowest BCUT2D eigenvalue weighted by Crippen LogP contribution is -2.48. The van der Waals surface area contributed by atoms with Gasteiger partial charge < -0.3 is 14.8 Å². The van der Waals surface area contributed by atoms with E-state index in [1.807, 2.05) is 47.8 Å². The Morgan fingerprint density at radius 3 is 2.36 bits per heavy atom. The Labute approximate surface area is 193 Å². The Kier molecular flexibility index (Phi) is 6.09. The summed E-state index contributed by atoms with van der Waals surface area (Å²) in [5.41, 5.74) is 5.18. The zero-order chi connectivity index (χ0) is 22.6. The molecular formula is C27H27FN4O. The second-order valence-corrected chi connectivity index (χ2v) is 8.48. The maximum Gasteiger partial charge on any atom is 0.255 e. The Morgan fingerprint density at radius 1 is 0.909 bits per heavy atom. The molecule has 3 aromatic rings. The lowest BCUT2D eigenvalue weighted by atomic mass is 10.1. The zero-order valence-corrected chi connectivity index (χ0v) is 18.5. The molecule has 0 saturated carbocycles. The van der Waals surface area contributed by atoms with Crippen LogP contribution in [-0.4, -0.2) is 53.4 Å². The summed E-state index contributed by atoms with van der Waals surface area (Å²) in [6, 6.07) is 17.1. The van der Waals surface area contributed by atoms with Crippen LogP contribution in [0.4, 0.5) is 10.1 Å². The first-order chi connectivity index (χ1) is 16.2. The molecule has 3 heterocycles. The largest absolute Gasteiger partial charge is 0.367 e. The number of anilines is 1. The second kappa shape index (κ2) is 9.46. The van der Waals surface area contributed by atoms with E-state index in [1.54, 1.807) is 0 Å². The molecule has 1 fully saturated rings. The van der Waals surface area contributed by atoms with Crippen molar-refractivity contribution in [2.75, 3.05) is 37.6 Å². The van der Waals surface area contributed by atoms with E-state index in [2.05, 4.69) is 45.1 Å². The van der Waals surface area contributed by atoms with Crippen LogP contribution in [0.25, 0.3) is 11.1 Å². The number of piperazine rings is 1. The molecule has 5 rings (SSSR count). The van der Waals surface area contributed by atoms with Crippen molar-refractivity contribution in [1.82, 2.24) is 14.8 Å². The van der Waals surface area contributed by atoms with Crippen molar-refractivity contribution in [3.05, 3.63) is 102 Å². The molecule has 1 saturated heterocycles. The van der Waals surface area contributed by atoms with Gasteiger partial charge in [-0.3, -0.25) is 9.69 Å². The van der Waals surface area contributed by atoms with E-state index in [1.165, 1.54) is 12.1 Å². The average molecular weight is 443 g/mol. The number of halogens is 1. The number of carbonyl (C=O) groups excluding carboxylic acids is 1. The second-order valence-electron chi connectivity index (χ2n) is 8.48. The van der Waals surface area contributed by atoms with Crippen LogP contribution < -0.4 is 4.90 Å². The topological polar surface area (TPSA) is 42.6 Å². The van der Waals surface area contributed by atoms with Crippen LogP contribution in [0.2, 0.25) is 0 Å². The molecule has 2 aromatic carbocycles. The molecule has 0 radical (unpaired) electrons. The van der Waals surface area contributed by atoms with Gasteiger partial charge in [0.25, 0.3) is 5.91 Å². The summed E-state index contributed by atoms with van der Waals surface area (Å²) in [7, 11) is 0. The lowest BCUT2D eigenvalue weighted by Gasteiger charge is -2.35. The number of rotatable bonds is 5. The molecule has 0 aliphatic carbocycles. The lowest BCUT2D eigenvalue weighted by molar-refractivity contribution is -0.128. The van der Waals surface area contributed by atoms with Crippen LogP contribution in [0.5, 0.6) is 0 Å². The van der Waals surface area contributed by atoms with Crippen molar-refractivity contribution in [1.29, 1.82) is 0 Å². The van der Waals surface area contributed by atoms with Crippen molar-refractivity contribution >= 4 is 11.6 Å². The van der Waals surface area contributed by atoms with Crippen LogP contribution in [0.15, 0.2) is 90.9 Å². The molecule has 0 unspecified atom stereocenters. The fourth-order valence-electron chi connectivity index (χ4n) is 4.35. The smallest absolute Gasteiger partial charge is 0.255 e. The van der Waals surface area contributed by atoms with Gasteiger partial charge in [0.2, 0.25) is 0 Å². The van der Waals surface area contributed by atoms with E-state index in [4.69, 9.17) is 0 Å². The third-order valence-electron chi connectivity index (χ3n) is 6.25. The first-order valence-electron chi connectivity index (χ1n) is 11.3. The van der Waals surface area contributed by atoms with E-state index < -0.39 is 0 Å². The number of carbonyl (C=O) groups is 1. The fourth-order valence-corrected chi connectivity index (χ4v) is 4.35. The molecule has 6 heteroatoms. The predicted octanol–water partition coefficient (Wildman–Crippen LogP) is 4.43. The maximum absolute atomic E-state index is 13.2. The van der Waals surface area contributed by atoms with E-state index in [9.17, 15) is 9.18 Å². The molecule has 1 N–H and O–H groups in total. The molecule has 0 bridgehead atoms. The first-order valence-corrected chi connectivity index (χ1v) is 11.3. The number of hydrogen-bond donors (Lipinski definition) is 1. The molecule has 2 aliphatic heterocycles. The normalized spacial score (nSPS) is 16.7. The highest BCUT2D eigenvalue weighted by atomic mass is 19.1. The highest BCUT2D eigenvalue weighted by Crippen LogP contribution is 2.25. The number of aromatic nitrogens is 1. The van der Waals surface area contributed by atoms with Crippen molar-refractivity contribution < 1.29 is 9.18 Å². The SMILES string of the molecule is O=C(C1=CN(c2ccc(-c3cc[nH]c3)cc2)CC=C1)N1CCN(Cc2ccc(F)cc2)CC1. The maximum atomic E-state index is 13.2. The van der Waals surface area contributed by atoms with Crippen LogP contribution in [0, 0.1) is 5.82 Å². The van der Waals surface area contributed by atoms with Gasteiger partial charge in [0.15, 0.2) is 0 Å². The molecule has 33 heavy (non-hydrogen) atoms. The van der Waals surface area contributed by atoms with Crippen LogP contribution in [0.3, 0.4) is 0 Å². The molecule has 0 atom stereocenters. The van der Waals surface area contributed by atoms with Gasteiger partial charge in [0.1, 0.15) is 5.82 Å². The number of nitrogens with one attached hydrogen (secondary N) is 1. The Morgan fingerprint density at radius 2 is 1.67 bits per heavy atom. The standard InChI is InChI=1S/C27H27FN4O/c28-25-7-3-21(4-8-25)19-30-14-16-31(17-15-30)27(33)24-2-1-13-32(20-24)26-9-5-22(6-10-26)23-11-12-29-18-23/h1-12,18,20,29H,13-17,19H2. The first kappa shape index (κ1) is 21.2. The molecule has 1 aromatic heterocycles. The summed E-state index contributed by atoms with van der Waals surface area (Å²) in [6.07, 6.45) is 9.82. The number of amides is 1. The molecular weight excluding hydrogens is 415 g/mol. The van der Waals surface area contributed by atoms with Gasteiger partial charge in [-0.1, -0.05) is 36.4 Å². The van der Waals surface area contributed by atoms with Gasteiger partial charge in [0.05, 0.1) is 5.57 Å². The van der Waals surface area contributed by atoms with Crippen molar-refractivity contribution in [3.8, 4) is 11.1 Å². The van der Waals surface area contributed by atoms with Gasteiger partial charge in [0, 0.05) is 63.5 Å². The minimum Gasteiger partial charge on any atom is -0.367 e. The Hall–Kier alpha value is -3.64. The fraction of sp³-hybridized carbons (Fsp3) is 0.222. The quantitative estimate of drug-likeness (QED) is 0.636. The van der Waals surface area contributed by atoms with E-state index in [0.29, 0.717) is 18.7 Å². The Balaban J connectivity index is 1.20. The van der Waals surface area contributed by atoms with E-state index in [0.717, 1.165) is 48.6 Å². The molecule has 0 spiro atoms. The van der Waals surface area contributed by atoms with Gasteiger partial charge in [-0.2, -0.15) is 0 Å². The van der Waals surface area contributed by atoms with Crippen molar-refractivity contribution in [2.24, 2.45) is 0 Å². The minimum absolute atomic E-state index is 0.0707. The van der Waals surface area contributed by atoms with Gasteiger partial charge in [-0.25, -0.2) is 4.39 Å². The number of aromatic amines is 1. The highest BCUT2D eigenvalue weighted by Gasteiger charge is 2.24. The minimum atomic E-state index is -0.214. The average Bonchev–Trinajstić information content (AvgIpc) is 3.41. The number of nitrogens with zero attached hydrogens (tertiary/aromatic N) is 3. The summed E-state index contributed by atoms with van der Waals surface area (Å²) in [4.78, 5) is 22.6. The van der Waals surface area contributed by atoms with Gasteiger partial charge in [-0.05, 0) is 47.0 Å². The number of H-pyrrole nitrogens is 1. The van der Waals surface area contributed by atoms with Gasteiger partial charge in [-0.15, -0.1) is 0 Å². The van der Waals surface area contributed by atoms with Crippen molar-refractivity contribution in [3.63, 3.8) is 0 Å². The van der Waals surface area contributed by atoms with Crippen molar-refractivity contribution in [2.45, 2.75) is 6.54 Å². The monoisotopic (exact) mass is 442 g/mol. The highest BCUT2D eigenvalue weighted by molar-refractivity contribution is 5.97. The van der Waals surface area contributed by atoms with E-state index in [-0.39, 0.29) is 11.7 Å². The predicted molar refractivity (Wildman–Crippen MR) is 129 cm³/mol. The molecule has 5 nitrogen and oxygen atoms in total. The molecule has 1 amide bonds. The zero-order valence-electron chi connectivity index (χ0n) is 18.5. The summed E-state index contributed by atoms with van der Waals surface area (Å²) in [5, 5.41) is 0.